The van der Waals surface area contributed by atoms with Gasteiger partial charge in [-0.1, -0.05) is 37.3 Å². The minimum Gasteiger partial charge on any atom is -0.441 e. The molecular formula is C20H29Cl2N3O2. The number of nitrogens with one attached hydrogen (secondary N) is 1. The third kappa shape index (κ3) is 6.52. The number of oxazole rings is 1. The minimum absolute atomic E-state index is 0. The molecule has 150 valence electrons. The molecule has 2 aromatic rings. The van der Waals surface area contributed by atoms with Crippen molar-refractivity contribution in [3.63, 3.8) is 0 Å². The molecule has 0 bridgehead atoms. The molecule has 0 aliphatic carbocycles. The summed E-state index contributed by atoms with van der Waals surface area (Å²) in [6.45, 7) is 4.91. The fraction of sp³-hybridized carbons (Fsp3) is 0.500. The van der Waals surface area contributed by atoms with Gasteiger partial charge in [0.2, 0.25) is 5.91 Å². The van der Waals surface area contributed by atoms with E-state index in [1.54, 1.807) is 6.20 Å². The summed E-state index contributed by atoms with van der Waals surface area (Å²) in [6, 6.07) is 10.3. The van der Waals surface area contributed by atoms with Crippen LogP contribution in [0.1, 0.15) is 38.5 Å². The molecule has 27 heavy (non-hydrogen) atoms. The van der Waals surface area contributed by atoms with Crippen molar-refractivity contribution in [3.05, 3.63) is 42.4 Å². The van der Waals surface area contributed by atoms with Crippen LogP contribution in [0.5, 0.6) is 0 Å². The highest BCUT2D eigenvalue weighted by molar-refractivity contribution is 5.85. The van der Waals surface area contributed by atoms with E-state index in [0.29, 0.717) is 24.8 Å². The first-order valence-electron chi connectivity index (χ1n) is 9.28. The smallest absolute Gasteiger partial charge is 0.222 e. The highest BCUT2D eigenvalue weighted by atomic mass is 35.5. The summed E-state index contributed by atoms with van der Waals surface area (Å²) in [7, 11) is 0. The van der Waals surface area contributed by atoms with Gasteiger partial charge in [-0.15, -0.1) is 24.8 Å². The van der Waals surface area contributed by atoms with E-state index in [-0.39, 0.29) is 30.7 Å². The molecule has 3 rings (SSSR count). The second kappa shape index (κ2) is 12.0. The molecule has 5 nitrogen and oxygen atoms in total. The first kappa shape index (κ1) is 23.5. The summed E-state index contributed by atoms with van der Waals surface area (Å²) in [4.78, 5) is 19.0. The SMILES string of the molecule is CCCN(C(=O)CCCc1ncc(-c2ccccc2)o1)C1CCNC1.Cl.Cl. The topological polar surface area (TPSA) is 58.4 Å². The largest absolute Gasteiger partial charge is 0.441 e. The monoisotopic (exact) mass is 413 g/mol. The summed E-state index contributed by atoms with van der Waals surface area (Å²) in [6.07, 6.45) is 5.85. The summed E-state index contributed by atoms with van der Waals surface area (Å²) >= 11 is 0. The molecule has 1 fully saturated rings. The van der Waals surface area contributed by atoms with Gasteiger partial charge >= 0.3 is 0 Å². The van der Waals surface area contributed by atoms with E-state index in [4.69, 9.17) is 4.42 Å². The van der Waals surface area contributed by atoms with Gasteiger partial charge in [0, 0.05) is 37.5 Å². The molecule has 1 amide bonds. The van der Waals surface area contributed by atoms with E-state index in [9.17, 15) is 4.79 Å². The maximum Gasteiger partial charge on any atom is 0.222 e. The number of hydrogen-bond donors (Lipinski definition) is 1. The van der Waals surface area contributed by atoms with Crippen LogP contribution >= 0.6 is 24.8 Å². The molecule has 0 spiro atoms. The Balaban J connectivity index is 0.00000182. The van der Waals surface area contributed by atoms with E-state index < -0.39 is 0 Å². The summed E-state index contributed by atoms with van der Waals surface area (Å²) < 4.78 is 5.81. The molecule has 1 saturated heterocycles. The molecule has 1 N–H and O–H groups in total. The Labute approximate surface area is 173 Å². The maximum absolute atomic E-state index is 12.6. The Morgan fingerprint density at radius 2 is 2.07 bits per heavy atom. The molecule has 1 unspecified atom stereocenters. The quantitative estimate of drug-likeness (QED) is 0.707. The van der Waals surface area contributed by atoms with Crippen molar-refractivity contribution in [2.24, 2.45) is 0 Å². The van der Waals surface area contributed by atoms with Crippen molar-refractivity contribution in [1.82, 2.24) is 15.2 Å². The van der Waals surface area contributed by atoms with Crippen LogP contribution in [0, 0.1) is 0 Å². The highest BCUT2D eigenvalue weighted by Crippen LogP contribution is 2.20. The molecule has 7 heteroatoms. The number of nitrogens with zero attached hydrogens (tertiary/aromatic N) is 2. The average molecular weight is 414 g/mol. The van der Waals surface area contributed by atoms with Gasteiger partial charge in [0.05, 0.1) is 6.20 Å². The van der Waals surface area contributed by atoms with Crippen LogP contribution in [0.4, 0.5) is 0 Å². The summed E-state index contributed by atoms with van der Waals surface area (Å²) in [5.41, 5.74) is 1.03. The first-order valence-corrected chi connectivity index (χ1v) is 9.28. The number of carbonyl (C=O) groups is 1. The number of halogens is 2. The Hall–Kier alpha value is -1.56. The standard InChI is InChI=1S/C20H27N3O2.2ClH/c1-2-13-23(17-11-12-21-14-17)20(24)10-6-9-19-22-15-18(25-19)16-7-4-3-5-8-16;;/h3-5,7-8,15,17,21H,2,6,9-14H2,1H3;2*1H. The lowest BCUT2D eigenvalue weighted by Gasteiger charge is -2.28. The number of benzene rings is 1. The Morgan fingerprint density at radius 1 is 1.30 bits per heavy atom. The molecule has 1 atom stereocenters. The number of amides is 1. The lowest BCUT2D eigenvalue weighted by Crippen LogP contribution is -2.42. The van der Waals surface area contributed by atoms with Crippen LogP contribution in [-0.4, -0.2) is 41.5 Å². The normalized spacial score (nSPS) is 15.7. The zero-order valence-corrected chi connectivity index (χ0v) is 17.4. The molecular weight excluding hydrogens is 385 g/mol. The van der Waals surface area contributed by atoms with Gasteiger partial charge in [-0.2, -0.15) is 0 Å². The predicted molar refractivity (Wildman–Crippen MR) is 113 cm³/mol. The molecule has 1 aliphatic rings. The van der Waals surface area contributed by atoms with Gasteiger partial charge in [-0.25, -0.2) is 4.98 Å². The number of carbonyl (C=O) groups excluding carboxylic acids is 1. The van der Waals surface area contributed by atoms with E-state index in [2.05, 4.69) is 22.1 Å². The lowest BCUT2D eigenvalue weighted by molar-refractivity contribution is -0.133. The Morgan fingerprint density at radius 3 is 2.74 bits per heavy atom. The van der Waals surface area contributed by atoms with Crippen molar-refractivity contribution in [2.75, 3.05) is 19.6 Å². The molecule has 1 aliphatic heterocycles. The van der Waals surface area contributed by atoms with E-state index in [0.717, 1.165) is 50.2 Å². The van der Waals surface area contributed by atoms with Gasteiger partial charge in [-0.05, 0) is 25.8 Å². The van der Waals surface area contributed by atoms with Crippen LogP contribution < -0.4 is 5.32 Å². The number of aromatic nitrogens is 1. The van der Waals surface area contributed by atoms with Gasteiger partial charge < -0.3 is 14.6 Å². The van der Waals surface area contributed by atoms with Crippen LogP contribution in [0.15, 0.2) is 40.9 Å². The molecule has 2 heterocycles. The fourth-order valence-electron chi connectivity index (χ4n) is 3.35. The van der Waals surface area contributed by atoms with Gasteiger partial charge in [-0.3, -0.25) is 4.79 Å². The number of rotatable bonds is 8. The minimum atomic E-state index is 0. The average Bonchev–Trinajstić information content (AvgIpc) is 3.32. The summed E-state index contributed by atoms with van der Waals surface area (Å²) in [5.74, 6) is 1.74. The zero-order chi connectivity index (χ0) is 17.5. The van der Waals surface area contributed by atoms with E-state index in [1.807, 2.05) is 30.3 Å². The fourth-order valence-corrected chi connectivity index (χ4v) is 3.35. The second-order valence-corrected chi connectivity index (χ2v) is 6.57. The van der Waals surface area contributed by atoms with Gasteiger partial charge in [0.25, 0.3) is 0 Å². The predicted octanol–water partition coefficient (Wildman–Crippen LogP) is 4.11. The van der Waals surface area contributed by atoms with E-state index in [1.165, 1.54) is 0 Å². The van der Waals surface area contributed by atoms with Crippen molar-refractivity contribution in [2.45, 2.75) is 45.1 Å². The number of aryl methyl sites for hydroxylation is 1. The Bertz CT molecular complexity index is 673. The molecule has 1 aromatic heterocycles. The third-order valence-electron chi connectivity index (χ3n) is 4.65. The van der Waals surface area contributed by atoms with Crippen LogP contribution in [0.25, 0.3) is 11.3 Å². The van der Waals surface area contributed by atoms with Crippen LogP contribution in [-0.2, 0) is 11.2 Å². The maximum atomic E-state index is 12.6. The molecule has 0 radical (unpaired) electrons. The lowest BCUT2D eigenvalue weighted by atomic mass is 10.1. The highest BCUT2D eigenvalue weighted by Gasteiger charge is 2.25. The zero-order valence-electron chi connectivity index (χ0n) is 15.7. The number of hydrogen-bond acceptors (Lipinski definition) is 4. The Kier molecular flexibility index (Phi) is 10.4. The van der Waals surface area contributed by atoms with Crippen molar-refractivity contribution in [3.8, 4) is 11.3 Å². The second-order valence-electron chi connectivity index (χ2n) is 6.57. The first-order chi connectivity index (χ1) is 12.3. The van der Waals surface area contributed by atoms with Crippen molar-refractivity contribution < 1.29 is 9.21 Å². The molecule has 0 saturated carbocycles. The van der Waals surface area contributed by atoms with E-state index >= 15 is 0 Å². The third-order valence-corrected chi connectivity index (χ3v) is 4.65. The van der Waals surface area contributed by atoms with Crippen molar-refractivity contribution in [1.29, 1.82) is 0 Å². The van der Waals surface area contributed by atoms with Crippen molar-refractivity contribution >= 4 is 30.7 Å². The van der Waals surface area contributed by atoms with Gasteiger partial charge in [0.1, 0.15) is 0 Å². The molecule has 1 aromatic carbocycles. The van der Waals surface area contributed by atoms with Gasteiger partial charge in [0.15, 0.2) is 11.7 Å². The summed E-state index contributed by atoms with van der Waals surface area (Å²) in [5, 5.41) is 3.35. The van der Waals surface area contributed by atoms with Crippen LogP contribution in [0.3, 0.4) is 0 Å². The van der Waals surface area contributed by atoms with Crippen LogP contribution in [0.2, 0.25) is 0 Å².